The smallest absolute Gasteiger partial charge is 0.162 e. The molecule has 0 amide bonds. The fourth-order valence-electron chi connectivity index (χ4n) is 1.41. The standard InChI is InChI=1S/C12H12ClN3/c1-2-14-11-7-8-15-12(16-11)9-5-3-4-6-10(9)13/h3-8H,2H2,1H3,(H,14,15,16). The highest BCUT2D eigenvalue weighted by molar-refractivity contribution is 6.33. The summed E-state index contributed by atoms with van der Waals surface area (Å²) in [6.45, 7) is 2.86. The van der Waals surface area contributed by atoms with Crippen molar-refractivity contribution in [3.8, 4) is 11.4 Å². The van der Waals surface area contributed by atoms with E-state index in [0.717, 1.165) is 17.9 Å². The van der Waals surface area contributed by atoms with Gasteiger partial charge in [0.1, 0.15) is 5.82 Å². The summed E-state index contributed by atoms with van der Waals surface area (Å²) in [6, 6.07) is 9.39. The van der Waals surface area contributed by atoms with Gasteiger partial charge in [0.25, 0.3) is 0 Å². The molecule has 0 aliphatic rings. The normalized spacial score (nSPS) is 10.1. The fourth-order valence-corrected chi connectivity index (χ4v) is 1.63. The van der Waals surface area contributed by atoms with Gasteiger partial charge in [-0.15, -0.1) is 0 Å². The van der Waals surface area contributed by atoms with Crippen LogP contribution in [-0.2, 0) is 0 Å². The number of aromatic nitrogens is 2. The Morgan fingerprint density at radius 2 is 2.06 bits per heavy atom. The third-order valence-corrected chi connectivity index (χ3v) is 2.46. The highest BCUT2D eigenvalue weighted by atomic mass is 35.5. The van der Waals surface area contributed by atoms with Gasteiger partial charge in [-0.1, -0.05) is 23.7 Å². The lowest BCUT2D eigenvalue weighted by molar-refractivity contribution is 1.12. The largest absolute Gasteiger partial charge is 0.370 e. The number of benzene rings is 1. The van der Waals surface area contributed by atoms with Gasteiger partial charge in [0, 0.05) is 18.3 Å². The van der Waals surface area contributed by atoms with Crippen LogP contribution < -0.4 is 5.32 Å². The predicted octanol–water partition coefficient (Wildman–Crippen LogP) is 3.23. The molecule has 0 unspecified atom stereocenters. The molecule has 1 N–H and O–H groups in total. The predicted molar refractivity (Wildman–Crippen MR) is 66.6 cm³/mol. The van der Waals surface area contributed by atoms with Gasteiger partial charge in [-0.05, 0) is 25.1 Å². The quantitative estimate of drug-likeness (QED) is 0.885. The summed E-state index contributed by atoms with van der Waals surface area (Å²) < 4.78 is 0. The second-order valence-electron chi connectivity index (χ2n) is 3.28. The number of rotatable bonds is 3. The molecule has 2 aromatic rings. The minimum atomic E-state index is 0.643. The zero-order valence-electron chi connectivity index (χ0n) is 8.94. The molecule has 0 aliphatic heterocycles. The SMILES string of the molecule is CCNc1ccnc(-c2ccccc2Cl)n1. The van der Waals surface area contributed by atoms with Gasteiger partial charge in [-0.25, -0.2) is 9.97 Å². The molecule has 2 rings (SSSR count). The van der Waals surface area contributed by atoms with E-state index in [0.29, 0.717) is 10.8 Å². The minimum absolute atomic E-state index is 0.643. The monoisotopic (exact) mass is 233 g/mol. The molecule has 3 nitrogen and oxygen atoms in total. The van der Waals surface area contributed by atoms with Crippen LogP contribution in [-0.4, -0.2) is 16.5 Å². The van der Waals surface area contributed by atoms with Crippen LogP contribution in [0.1, 0.15) is 6.92 Å². The van der Waals surface area contributed by atoms with Crippen LogP contribution in [0.3, 0.4) is 0 Å². The highest BCUT2D eigenvalue weighted by Gasteiger charge is 2.05. The van der Waals surface area contributed by atoms with Gasteiger partial charge >= 0.3 is 0 Å². The Morgan fingerprint density at radius 1 is 1.25 bits per heavy atom. The van der Waals surface area contributed by atoms with Crippen molar-refractivity contribution >= 4 is 17.4 Å². The van der Waals surface area contributed by atoms with E-state index in [1.165, 1.54) is 0 Å². The van der Waals surface area contributed by atoms with Crippen LogP contribution in [0.15, 0.2) is 36.5 Å². The number of nitrogens with zero attached hydrogens (tertiary/aromatic N) is 2. The van der Waals surface area contributed by atoms with E-state index in [4.69, 9.17) is 11.6 Å². The van der Waals surface area contributed by atoms with E-state index in [9.17, 15) is 0 Å². The summed E-state index contributed by atoms with van der Waals surface area (Å²) in [4.78, 5) is 8.60. The Morgan fingerprint density at radius 3 is 2.81 bits per heavy atom. The second kappa shape index (κ2) is 4.94. The number of halogens is 1. The molecule has 0 radical (unpaired) electrons. The van der Waals surface area contributed by atoms with Gasteiger partial charge in [-0.2, -0.15) is 0 Å². The molecule has 0 fully saturated rings. The Hall–Kier alpha value is -1.61. The first-order chi connectivity index (χ1) is 7.81. The van der Waals surface area contributed by atoms with Crippen molar-refractivity contribution in [2.24, 2.45) is 0 Å². The van der Waals surface area contributed by atoms with E-state index < -0.39 is 0 Å². The number of hydrogen-bond donors (Lipinski definition) is 1. The first-order valence-electron chi connectivity index (χ1n) is 5.13. The third kappa shape index (κ3) is 2.31. The van der Waals surface area contributed by atoms with Crippen LogP contribution in [0.2, 0.25) is 5.02 Å². The van der Waals surface area contributed by atoms with Crippen molar-refractivity contribution in [3.05, 3.63) is 41.6 Å². The van der Waals surface area contributed by atoms with E-state index in [1.807, 2.05) is 37.3 Å². The summed E-state index contributed by atoms with van der Waals surface area (Å²) in [6.07, 6.45) is 1.73. The van der Waals surface area contributed by atoms with Gasteiger partial charge in [0.15, 0.2) is 5.82 Å². The first kappa shape index (κ1) is 10.9. The van der Waals surface area contributed by atoms with E-state index >= 15 is 0 Å². The first-order valence-corrected chi connectivity index (χ1v) is 5.51. The molecular weight excluding hydrogens is 222 g/mol. The molecule has 82 valence electrons. The number of hydrogen-bond acceptors (Lipinski definition) is 3. The Labute approximate surface area is 99.5 Å². The van der Waals surface area contributed by atoms with Crippen LogP contribution in [0, 0.1) is 0 Å². The average Bonchev–Trinajstić information content (AvgIpc) is 2.30. The molecule has 0 aliphatic carbocycles. The molecule has 1 aromatic carbocycles. The summed E-state index contributed by atoms with van der Waals surface area (Å²) in [5.74, 6) is 1.46. The lowest BCUT2D eigenvalue weighted by atomic mass is 10.2. The third-order valence-electron chi connectivity index (χ3n) is 2.13. The lowest BCUT2D eigenvalue weighted by Gasteiger charge is -2.05. The van der Waals surface area contributed by atoms with E-state index in [2.05, 4.69) is 15.3 Å². The van der Waals surface area contributed by atoms with Crippen LogP contribution >= 0.6 is 11.6 Å². The van der Waals surface area contributed by atoms with Gasteiger partial charge in [0.2, 0.25) is 0 Å². The number of anilines is 1. The van der Waals surface area contributed by atoms with Crippen LogP contribution in [0.25, 0.3) is 11.4 Å². The molecule has 1 heterocycles. The molecule has 1 aromatic heterocycles. The molecule has 0 bridgehead atoms. The number of nitrogens with one attached hydrogen (secondary N) is 1. The van der Waals surface area contributed by atoms with Gasteiger partial charge < -0.3 is 5.32 Å². The Bertz CT molecular complexity index is 485. The van der Waals surface area contributed by atoms with E-state index in [1.54, 1.807) is 6.20 Å². The molecule has 4 heteroatoms. The maximum atomic E-state index is 6.09. The summed E-state index contributed by atoms with van der Waals surface area (Å²) in [5.41, 5.74) is 0.851. The van der Waals surface area contributed by atoms with Crippen molar-refractivity contribution in [2.75, 3.05) is 11.9 Å². The Kier molecular flexibility index (Phi) is 3.37. The summed E-state index contributed by atoms with van der Waals surface area (Å²) in [7, 11) is 0. The maximum absolute atomic E-state index is 6.09. The lowest BCUT2D eigenvalue weighted by Crippen LogP contribution is -2.00. The minimum Gasteiger partial charge on any atom is -0.370 e. The van der Waals surface area contributed by atoms with Crippen molar-refractivity contribution < 1.29 is 0 Å². The molecule has 0 saturated carbocycles. The molecular formula is C12H12ClN3. The molecule has 0 spiro atoms. The molecule has 16 heavy (non-hydrogen) atoms. The van der Waals surface area contributed by atoms with Crippen molar-refractivity contribution in [3.63, 3.8) is 0 Å². The zero-order valence-corrected chi connectivity index (χ0v) is 9.70. The van der Waals surface area contributed by atoms with Crippen molar-refractivity contribution in [1.82, 2.24) is 9.97 Å². The Balaban J connectivity index is 2.40. The fraction of sp³-hybridized carbons (Fsp3) is 0.167. The van der Waals surface area contributed by atoms with Gasteiger partial charge in [-0.3, -0.25) is 0 Å². The van der Waals surface area contributed by atoms with Crippen LogP contribution in [0.5, 0.6) is 0 Å². The van der Waals surface area contributed by atoms with Crippen molar-refractivity contribution in [1.29, 1.82) is 0 Å². The van der Waals surface area contributed by atoms with Crippen LogP contribution in [0.4, 0.5) is 5.82 Å². The highest BCUT2D eigenvalue weighted by Crippen LogP contribution is 2.24. The van der Waals surface area contributed by atoms with Crippen molar-refractivity contribution in [2.45, 2.75) is 6.92 Å². The summed E-state index contributed by atoms with van der Waals surface area (Å²) in [5, 5.41) is 3.81. The zero-order chi connectivity index (χ0) is 11.4. The average molecular weight is 234 g/mol. The van der Waals surface area contributed by atoms with E-state index in [-0.39, 0.29) is 0 Å². The van der Waals surface area contributed by atoms with Gasteiger partial charge in [0.05, 0.1) is 5.02 Å². The maximum Gasteiger partial charge on any atom is 0.162 e. The molecule has 0 atom stereocenters. The molecule has 0 saturated heterocycles. The second-order valence-corrected chi connectivity index (χ2v) is 3.68. The summed E-state index contributed by atoms with van der Waals surface area (Å²) >= 11 is 6.09. The topological polar surface area (TPSA) is 37.8 Å².